The molecule has 5 aromatic carbocycles. The van der Waals surface area contributed by atoms with E-state index in [1.807, 2.05) is 53.8 Å². The van der Waals surface area contributed by atoms with Gasteiger partial charge in [0, 0.05) is 11.3 Å². The van der Waals surface area contributed by atoms with Crippen LogP contribution in [0, 0.1) is 17.2 Å². The van der Waals surface area contributed by atoms with Gasteiger partial charge in [0.1, 0.15) is 23.0 Å². The normalized spacial score (nSPS) is 16.5. The number of anilines is 1. The Bertz CT molecular complexity index is 2110. The lowest BCUT2D eigenvalue weighted by Gasteiger charge is -2.37. The van der Waals surface area contributed by atoms with E-state index in [0.29, 0.717) is 17.2 Å². The van der Waals surface area contributed by atoms with Gasteiger partial charge in [0.15, 0.2) is 5.82 Å². The number of hydrogen-bond donors (Lipinski definition) is 2. The zero-order valence-electron chi connectivity index (χ0n) is 30.0. The van der Waals surface area contributed by atoms with Gasteiger partial charge in [-0.1, -0.05) is 155 Å². The van der Waals surface area contributed by atoms with Gasteiger partial charge in [-0.2, -0.15) is 5.26 Å². The van der Waals surface area contributed by atoms with Crippen molar-refractivity contribution in [3.05, 3.63) is 168 Å². The summed E-state index contributed by atoms with van der Waals surface area (Å²) in [7, 11) is 0. The topological polar surface area (TPSA) is 103 Å². The van der Waals surface area contributed by atoms with E-state index in [-0.39, 0.29) is 5.92 Å². The third-order valence-electron chi connectivity index (χ3n) is 10.1. The molecule has 1 aliphatic heterocycles. The molecule has 2 heterocycles. The molecule has 2 unspecified atom stereocenters. The SMILES string of the molecule is CCCC1(C)NC(C(O)C(C)C)=C(C#N)N1c1ccc(-c2ccccc2-c2nnnn2C(c2ccccc2)(c2ccccc2)c2ccccc2)cc1. The third-order valence-corrected chi connectivity index (χ3v) is 10.1. The van der Waals surface area contributed by atoms with Crippen molar-refractivity contribution in [2.75, 3.05) is 4.90 Å². The molecule has 1 aliphatic rings. The van der Waals surface area contributed by atoms with Gasteiger partial charge in [-0.3, -0.25) is 0 Å². The molecule has 0 fully saturated rings. The molecule has 260 valence electrons. The Hall–Kier alpha value is -6.04. The minimum Gasteiger partial charge on any atom is -0.387 e. The maximum atomic E-state index is 11.1. The van der Waals surface area contributed by atoms with Crippen LogP contribution in [0.4, 0.5) is 5.69 Å². The second-order valence-corrected chi connectivity index (χ2v) is 13.9. The number of nitrogens with one attached hydrogen (secondary N) is 1. The van der Waals surface area contributed by atoms with Crippen LogP contribution in [0.15, 0.2) is 151 Å². The molecule has 0 saturated heterocycles. The summed E-state index contributed by atoms with van der Waals surface area (Å²) in [6.07, 6.45) is 0.911. The van der Waals surface area contributed by atoms with E-state index in [2.05, 4.69) is 140 Å². The number of rotatable bonds is 11. The monoisotopic (exact) mass is 685 g/mol. The van der Waals surface area contributed by atoms with Crippen molar-refractivity contribution >= 4 is 5.69 Å². The van der Waals surface area contributed by atoms with Crippen molar-refractivity contribution in [3.8, 4) is 28.6 Å². The predicted molar refractivity (Wildman–Crippen MR) is 206 cm³/mol. The molecule has 0 saturated carbocycles. The van der Waals surface area contributed by atoms with Crippen LogP contribution in [0.25, 0.3) is 22.5 Å². The van der Waals surface area contributed by atoms with Crippen LogP contribution in [0.3, 0.4) is 0 Å². The zero-order chi connectivity index (χ0) is 36.3. The van der Waals surface area contributed by atoms with E-state index >= 15 is 0 Å². The largest absolute Gasteiger partial charge is 0.387 e. The molecule has 8 nitrogen and oxygen atoms in total. The van der Waals surface area contributed by atoms with E-state index in [0.717, 1.165) is 51.9 Å². The standard InChI is InChI=1S/C44H43N7O/c1-5-29-43(4)46-40(41(52)31(2)3)39(30-45)50(43)36-27-25-32(26-28-36)37-23-15-16-24-38(37)42-47-48-49-51(42)44(33-17-9-6-10-18-33,34-19-11-7-12-20-34)35-21-13-8-14-22-35/h6-28,31,41,46,52H,5,29H2,1-4H3. The number of aliphatic hydroxyl groups excluding tert-OH is 1. The molecule has 2 N–H and O–H groups in total. The summed E-state index contributed by atoms with van der Waals surface area (Å²) in [4.78, 5) is 2.04. The summed E-state index contributed by atoms with van der Waals surface area (Å²) < 4.78 is 1.96. The summed E-state index contributed by atoms with van der Waals surface area (Å²) in [5.74, 6) is 0.578. The first-order chi connectivity index (χ1) is 25.3. The molecular formula is C44H43N7O. The average Bonchev–Trinajstić information content (AvgIpc) is 3.79. The second-order valence-electron chi connectivity index (χ2n) is 13.9. The number of tetrazole rings is 1. The Kier molecular flexibility index (Phi) is 9.46. The number of allylic oxidation sites excluding steroid dienone is 1. The van der Waals surface area contributed by atoms with Crippen LogP contribution >= 0.6 is 0 Å². The minimum absolute atomic E-state index is 0.0449. The molecule has 0 spiro atoms. The lowest BCUT2D eigenvalue weighted by atomic mass is 9.77. The number of aromatic nitrogens is 4. The highest BCUT2D eigenvalue weighted by atomic mass is 16.3. The maximum Gasteiger partial charge on any atom is 0.184 e. The first-order valence-corrected chi connectivity index (χ1v) is 17.9. The summed E-state index contributed by atoms with van der Waals surface area (Å²) >= 11 is 0. The van der Waals surface area contributed by atoms with Gasteiger partial charge in [-0.15, -0.1) is 5.10 Å². The third kappa shape index (κ3) is 5.83. The smallest absolute Gasteiger partial charge is 0.184 e. The summed E-state index contributed by atoms with van der Waals surface area (Å²) in [6, 6.07) is 50.0. The first-order valence-electron chi connectivity index (χ1n) is 17.9. The van der Waals surface area contributed by atoms with Crippen LogP contribution in [-0.4, -0.2) is 37.1 Å². The Morgan fingerprint density at radius 1 is 0.769 bits per heavy atom. The summed E-state index contributed by atoms with van der Waals surface area (Å²) in [6.45, 7) is 8.14. The van der Waals surface area contributed by atoms with Crippen LogP contribution in [0.2, 0.25) is 0 Å². The van der Waals surface area contributed by atoms with Gasteiger partial charge in [-0.25, -0.2) is 4.68 Å². The molecule has 0 aliphatic carbocycles. The van der Waals surface area contributed by atoms with E-state index in [1.54, 1.807) is 0 Å². The Morgan fingerprint density at radius 2 is 1.29 bits per heavy atom. The molecule has 0 bridgehead atoms. The summed E-state index contributed by atoms with van der Waals surface area (Å²) in [5.41, 5.74) is 6.36. The van der Waals surface area contributed by atoms with Gasteiger partial charge in [0.25, 0.3) is 0 Å². The van der Waals surface area contributed by atoms with Crippen LogP contribution in [0.1, 0.15) is 57.2 Å². The van der Waals surface area contributed by atoms with E-state index in [1.165, 1.54) is 0 Å². The molecule has 0 amide bonds. The fourth-order valence-electron chi connectivity index (χ4n) is 7.71. The van der Waals surface area contributed by atoms with Gasteiger partial charge >= 0.3 is 0 Å². The van der Waals surface area contributed by atoms with Gasteiger partial charge < -0.3 is 15.3 Å². The van der Waals surface area contributed by atoms with Crippen molar-refractivity contribution in [2.45, 2.75) is 57.8 Å². The number of benzene rings is 5. The number of aliphatic hydroxyl groups is 1. The Morgan fingerprint density at radius 3 is 1.79 bits per heavy atom. The molecule has 0 radical (unpaired) electrons. The highest BCUT2D eigenvalue weighted by molar-refractivity contribution is 5.82. The minimum atomic E-state index is -0.885. The fraction of sp³-hybridized carbons (Fsp3) is 0.227. The van der Waals surface area contributed by atoms with Gasteiger partial charge in [-0.05, 0) is 69.6 Å². The second kappa shape index (κ2) is 14.3. The van der Waals surface area contributed by atoms with E-state index in [9.17, 15) is 10.4 Å². The van der Waals surface area contributed by atoms with Crippen molar-refractivity contribution < 1.29 is 5.11 Å². The van der Waals surface area contributed by atoms with Gasteiger partial charge in [0.2, 0.25) is 0 Å². The molecule has 7 rings (SSSR count). The average molecular weight is 686 g/mol. The number of hydrogen-bond acceptors (Lipinski definition) is 7. The molecule has 6 aromatic rings. The van der Waals surface area contributed by atoms with Crippen LogP contribution < -0.4 is 10.2 Å². The first kappa shape index (κ1) is 34.4. The molecule has 2 atom stereocenters. The van der Waals surface area contributed by atoms with Crippen molar-refractivity contribution in [3.63, 3.8) is 0 Å². The van der Waals surface area contributed by atoms with Gasteiger partial charge in [0.05, 0.1) is 11.8 Å². The molecule has 52 heavy (non-hydrogen) atoms. The summed E-state index contributed by atoms with van der Waals surface area (Å²) in [5, 5.41) is 38.8. The lowest BCUT2D eigenvalue weighted by molar-refractivity contribution is 0.148. The Labute approximate surface area is 305 Å². The highest BCUT2D eigenvalue weighted by Gasteiger charge is 2.44. The molecule has 8 heteroatoms. The van der Waals surface area contributed by atoms with Crippen molar-refractivity contribution in [2.24, 2.45) is 5.92 Å². The highest BCUT2D eigenvalue weighted by Crippen LogP contribution is 2.44. The zero-order valence-corrected chi connectivity index (χ0v) is 30.0. The van der Waals surface area contributed by atoms with E-state index in [4.69, 9.17) is 10.3 Å². The fourth-order valence-corrected chi connectivity index (χ4v) is 7.71. The maximum absolute atomic E-state index is 11.1. The Balaban J connectivity index is 1.37. The van der Waals surface area contributed by atoms with Crippen molar-refractivity contribution in [1.29, 1.82) is 5.26 Å². The van der Waals surface area contributed by atoms with Crippen LogP contribution in [-0.2, 0) is 5.54 Å². The van der Waals surface area contributed by atoms with Crippen LogP contribution in [0.5, 0.6) is 0 Å². The lowest BCUT2D eigenvalue weighted by Crippen LogP contribution is -2.51. The number of nitriles is 1. The number of nitrogens with zero attached hydrogens (tertiary/aromatic N) is 6. The predicted octanol–water partition coefficient (Wildman–Crippen LogP) is 8.53. The van der Waals surface area contributed by atoms with Crippen molar-refractivity contribution in [1.82, 2.24) is 25.5 Å². The quantitative estimate of drug-likeness (QED) is 0.132. The molecular weight excluding hydrogens is 643 g/mol. The molecule has 1 aromatic heterocycles. The van der Waals surface area contributed by atoms with E-state index < -0.39 is 17.3 Å².